The largest absolute Gasteiger partial charge is 0.389 e. The molecule has 0 aromatic carbocycles. The summed E-state index contributed by atoms with van der Waals surface area (Å²) in [5.74, 6) is 0.131. The third kappa shape index (κ3) is 4.30. The fourth-order valence-electron chi connectivity index (χ4n) is 2.45. The molecular weight excluding hydrogens is 260 g/mol. The Hall–Kier alpha value is -0.910. The SMILES string of the molecule is CC(C)(O)CN1CCCN(C(=O)c2ccsc2)CC1. The summed E-state index contributed by atoms with van der Waals surface area (Å²) in [7, 11) is 0. The molecule has 5 heteroatoms. The Bertz CT molecular complexity index is 412. The molecule has 0 aliphatic carbocycles. The fraction of sp³-hybridized carbons (Fsp3) is 0.643. The average Bonchev–Trinajstić information content (AvgIpc) is 2.75. The summed E-state index contributed by atoms with van der Waals surface area (Å²) in [5, 5.41) is 13.7. The van der Waals surface area contributed by atoms with Crippen molar-refractivity contribution in [1.29, 1.82) is 0 Å². The van der Waals surface area contributed by atoms with E-state index in [1.807, 2.05) is 35.6 Å². The summed E-state index contributed by atoms with van der Waals surface area (Å²) in [6, 6.07) is 1.88. The highest BCUT2D eigenvalue weighted by Gasteiger charge is 2.23. The van der Waals surface area contributed by atoms with Gasteiger partial charge in [0, 0.05) is 38.1 Å². The van der Waals surface area contributed by atoms with Crippen molar-refractivity contribution < 1.29 is 9.90 Å². The average molecular weight is 282 g/mol. The van der Waals surface area contributed by atoms with Crippen LogP contribution < -0.4 is 0 Å². The van der Waals surface area contributed by atoms with E-state index in [0.717, 1.165) is 38.2 Å². The van der Waals surface area contributed by atoms with E-state index in [1.54, 1.807) is 11.3 Å². The van der Waals surface area contributed by atoms with Gasteiger partial charge in [0.2, 0.25) is 0 Å². The van der Waals surface area contributed by atoms with Crippen LogP contribution in [0, 0.1) is 0 Å². The first-order chi connectivity index (χ1) is 8.96. The zero-order valence-electron chi connectivity index (χ0n) is 11.6. The molecule has 1 aliphatic rings. The lowest BCUT2D eigenvalue weighted by atomic mass is 10.1. The van der Waals surface area contributed by atoms with Crippen molar-refractivity contribution in [3.63, 3.8) is 0 Å². The number of hydrogen-bond acceptors (Lipinski definition) is 4. The zero-order chi connectivity index (χ0) is 13.9. The van der Waals surface area contributed by atoms with Crippen LogP contribution in [-0.2, 0) is 0 Å². The van der Waals surface area contributed by atoms with Crippen LogP contribution in [0.25, 0.3) is 0 Å². The Morgan fingerprint density at radius 1 is 1.37 bits per heavy atom. The Morgan fingerprint density at radius 3 is 2.79 bits per heavy atom. The molecule has 1 fully saturated rings. The molecule has 0 atom stereocenters. The predicted octanol–water partition coefficient (Wildman–Crippen LogP) is 1.67. The number of carbonyl (C=O) groups is 1. The van der Waals surface area contributed by atoms with Crippen LogP contribution in [0.15, 0.2) is 16.8 Å². The zero-order valence-corrected chi connectivity index (χ0v) is 12.4. The van der Waals surface area contributed by atoms with Gasteiger partial charge in [-0.2, -0.15) is 11.3 Å². The number of rotatable bonds is 3. The van der Waals surface area contributed by atoms with Crippen LogP contribution in [-0.4, -0.2) is 59.1 Å². The highest BCUT2D eigenvalue weighted by molar-refractivity contribution is 7.08. The summed E-state index contributed by atoms with van der Waals surface area (Å²) in [6.45, 7) is 7.63. The second kappa shape index (κ2) is 6.03. The molecule has 0 radical (unpaired) electrons. The van der Waals surface area contributed by atoms with Crippen molar-refractivity contribution in [3.8, 4) is 0 Å². The van der Waals surface area contributed by atoms with Crippen molar-refractivity contribution in [2.45, 2.75) is 25.9 Å². The number of carbonyl (C=O) groups excluding carboxylic acids is 1. The second-order valence-corrected chi connectivity index (χ2v) is 6.53. The quantitative estimate of drug-likeness (QED) is 0.917. The molecule has 106 valence electrons. The topological polar surface area (TPSA) is 43.8 Å². The molecule has 0 bridgehead atoms. The lowest BCUT2D eigenvalue weighted by molar-refractivity contribution is 0.0374. The molecule has 2 heterocycles. The minimum Gasteiger partial charge on any atom is -0.389 e. The van der Waals surface area contributed by atoms with Crippen LogP contribution in [0.3, 0.4) is 0 Å². The number of amides is 1. The van der Waals surface area contributed by atoms with Crippen molar-refractivity contribution >= 4 is 17.2 Å². The van der Waals surface area contributed by atoms with E-state index < -0.39 is 5.60 Å². The highest BCUT2D eigenvalue weighted by Crippen LogP contribution is 2.13. The molecule has 0 spiro atoms. The molecular formula is C14H22N2O2S. The summed E-state index contributed by atoms with van der Waals surface area (Å²) < 4.78 is 0. The first-order valence-corrected chi connectivity index (χ1v) is 7.66. The van der Waals surface area contributed by atoms with Gasteiger partial charge in [-0.1, -0.05) is 0 Å². The molecule has 1 aromatic rings. The summed E-state index contributed by atoms with van der Waals surface area (Å²) >= 11 is 1.55. The maximum absolute atomic E-state index is 12.3. The van der Waals surface area contributed by atoms with E-state index in [0.29, 0.717) is 6.54 Å². The van der Waals surface area contributed by atoms with E-state index in [2.05, 4.69) is 4.90 Å². The Balaban J connectivity index is 1.92. The van der Waals surface area contributed by atoms with E-state index in [4.69, 9.17) is 0 Å². The van der Waals surface area contributed by atoms with Crippen molar-refractivity contribution in [2.24, 2.45) is 0 Å². The minimum atomic E-state index is -0.674. The molecule has 4 nitrogen and oxygen atoms in total. The molecule has 19 heavy (non-hydrogen) atoms. The number of β-amino-alcohol motifs (C(OH)–C–C–N with tert-alkyl or cyclic N) is 1. The van der Waals surface area contributed by atoms with Crippen LogP contribution >= 0.6 is 11.3 Å². The number of aliphatic hydroxyl groups is 1. The first kappa shape index (κ1) is 14.5. The third-order valence-electron chi connectivity index (χ3n) is 3.25. The number of nitrogens with zero attached hydrogens (tertiary/aromatic N) is 2. The van der Waals surface area contributed by atoms with E-state index in [9.17, 15) is 9.90 Å². The van der Waals surface area contributed by atoms with Crippen molar-refractivity contribution in [2.75, 3.05) is 32.7 Å². The molecule has 1 aliphatic heterocycles. The van der Waals surface area contributed by atoms with Gasteiger partial charge in [-0.25, -0.2) is 0 Å². The van der Waals surface area contributed by atoms with Gasteiger partial charge >= 0.3 is 0 Å². The monoisotopic (exact) mass is 282 g/mol. The van der Waals surface area contributed by atoms with Gasteiger partial charge in [0.15, 0.2) is 0 Å². The van der Waals surface area contributed by atoms with E-state index in [1.165, 1.54) is 0 Å². The summed E-state index contributed by atoms with van der Waals surface area (Å²) in [6.07, 6.45) is 0.964. The van der Waals surface area contributed by atoms with Crippen molar-refractivity contribution in [3.05, 3.63) is 22.4 Å². The molecule has 1 amide bonds. The second-order valence-electron chi connectivity index (χ2n) is 5.75. The van der Waals surface area contributed by atoms with Gasteiger partial charge in [-0.3, -0.25) is 9.69 Å². The predicted molar refractivity (Wildman–Crippen MR) is 77.6 cm³/mol. The van der Waals surface area contributed by atoms with Crippen molar-refractivity contribution in [1.82, 2.24) is 9.80 Å². The Kier molecular flexibility index (Phi) is 4.60. The normalized spacial score (nSPS) is 18.4. The summed E-state index contributed by atoms with van der Waals surface area (Å²) in [5.41, 5.74) is 0.118. The van der Waals surface area contributed by atoms with Gasteiger partial charge in [0.1, 0.15) is 0 Å². The molecule has 0 saturated carbocycles. The number of thiophene rings is 1. The van der Waals surface area contributed by atoms with Gasteiger partial charge in [-0.05, 0) is 31.7 Å². The van der Waals surface area contributed by atoms with E-state index >= 15 is 0 Å². The minimum absolute atomic E-state index is 0.131. The van der Waals surface area contributed by atoms with Gasteiger partial charge in [-0.15, -0.1) is 0 Å². The van der Waals surface area contributed by atoms with Gasteiger partial charge < -0.3 is 10.0 Å². The van der Waals surface area contributed by atoms with Gasteiger partial charge in [0.05, 0.1) is 11.2 Å². The number of hydrogen-bond donors (Lipinski definition) is 1. The maximum Gasteiger partial charge on any atom is 0.254 e. The highest BCUT2D eigenvalue weighted by atomic mass is 32.1. The molecule has 2 rings (SSSR count). The van der Waals surface area contributed by atoms with Crippen LogP contribution in [0.5, 0.6) is 0 Å². The van der Waals surface area contributed by atoms with Crippen LogP contribution in [0.1, 0.15) is 30.6 Å². The summed E-state index contributed by atoms with van der Waals surface area (Å²) in [4.78, 5) is 16.4. The molecule has 1 aromatic heterocycles. The standard InChI is InChI=1S/C14H22N2O2S/c1-14(2,18)11-15-5-3-6-16(8-7-15)13(17)12-4-9-19-10-12/h4,9-10,18H,3,5-8,11H2,1-2H3. The van der Waals surface area contributed by atoms with Crippen LogP contribution in [0.4, 0.5) is 0 Å². The molecule has 1 N–H and O–H groups in total. The lowest BCUT2D eigenvalue weighted by Gasteiger charge is -2.27. The fourth-order valence-corrected chi connectivity index (χ4v) is 3.08. The third-order valence-corrected chi connectivity index (χ3v) is 3.94. The van der Waals surface area contributed by atoms with E-state index in [-0.39, 0.29) is 5.91 Å². The molecule has 1 saturated heterocycles. The lowest BCUT2D eigenvalue weighted by Crippen LogP contribution is -2.41. The Labute approximate surface area is 118 Å². The first-order valence-electron chi connectivity index (χ1n) is 6.72. The smallest absolute Gasteiger partial charge is 0.254 e. The van der Waals surface area contributed by atoms with Crippen LogP contribution in [0.2, 0.25) is 0 Å². The maximum atomic E-state index is 12.3. The molecule has 0 unspecified atom stereocenters. The Morgan fingerprint density at radius 2 is 2.16 bits per heavy atom. The van der Waals surface area contributed by atoms with Gasteiger partial charge in [0.25, 0.3) is 5.91 Å².